The molecule has 0 aromatic heterocycles. The molecule has 0 aliphatic rings. The van der Waals surface area contributed by atoms with Crippen molar-refractivity contribution in [1.82, 2.24) is 0 Å². The standard InChI is InChI=1S/Ni.H2O7S2/c;1-8(2,3)7-9(4,5)6/h;(H,1,2,3)(H,4,5,6). The van der Waals surface area contributed by atoms with Gasteiger partial charge in [0.25, 0.3) is 0 Å². The zero-order valence-electron chi connectivity index (χ0n) is 4.07. The van der Waals surface area contributed by atoms with E-state index in [0.717, 1.165) is 0 Å². The van der Waals surface area contributed by atoms with E-state index in [4.69, 9.17) is 9.11 Å². The van der Waals surface area contributed by atoms with Crippen LogP contribution in [0.15, 0.2) is 0 Å². The van der Waals surface area contributed by atoms with Crippen molar-refractivity contribution in [2.45, 2.75) is 0 Å². The first kappa shape index (κ1) is 12.9. The summed E-state index contributed by atoms with van der Waals surface area (Å²) in [5.74, 6) is 0. The number of hydrogen-bond acceptors (Lipinski definition) is 5. The van der Waals surface area contributed by atoms with Crippen molar-refractivity contribution in [1.29, 1.82) is 0 Å². The molecule has 0 unspecified atom stereocenters. The topological polar surface area (TPSA) is 118 Å². The first-order valence-electron chi connectivity index (χ1n) is 1.37. The second-order valence-corrected chi connectivity index (χ2v) is 3.18. The summed E-state index contributed by atoms with van der Waals surface area (Å²) in [6, 6.07) is 0. The molecular weight excluding hydrogens is 235 g/mol. The van der Waals surface area contributed by atoms with Crippen molar-refractivity contribution in [3.63, 3.8) is 0 Å². The van der Waals surface area contributed by atoms with Gasteiger partial charge in [-0.05, 0) is 0 Å². The zero-order valence-corrected chi connectivity index (χ0v) is 6.69. The first-order chi connectivity index (χ1) is 3.71. The zero-order chi connectivity index (χ0) is 7.71. The van der Waals surface area contributed by atoms with Gasteiger partial charge in [0.2, 0.25) is 0 Å². The van der Waals surface area contributed by atoms with Crippen molar-refractivity contribution < 1.29 is 46.1 Å². The van der Waals surface area contributed by atoms with Crippen molar-refractivity contribution in [3.8, 4) is 0 Å². The molecule has 0 amide bonds. The molecule has 0 aromatic carbocycles. The van der Waals surface area contributed by atoms with Gasteiger partial charge in [0.15, 0.2) is 0 Å². The summed E-state index contributed by atoms with van der Waals surface area (Å²) in [6.07, 6.45) is 0. The van der Waals surface area contributed by atoms with Crippen LogP contribution < -0.4 is 0 Å². The third-order valence-corrected chi connectivity index (χ3v) is 1.55. The Morgan fingerprint density at radius 1 is 0.900 bits per heavy atom. The molecule has 0 spiro atoms. The number of hydrogen-bond donors (Lipinski definition) is 2. The van der Waals surface area contributed by atoms with Gasteiger partial charge in [-0.3, -0.25) is 9.11 Å². The normalized spacial score (nSPS) is 12.2. The Morgan fingerprint density at radius 3 is 1.10 bits per heavy atom. The molecule has 0 aliphatic heterocycles. The van der Waals surface area contributed by atoms with Crippen LogP contribution in [-0.2, 0) is 40.9 Å². The van der Waals surface area contributed by atoms with Crippen LogP contribution in [0.4, 0.5) is 0 Å². The van der Waals surface area contributed by atoms with Crippen molar-refractivity contribution >= 4 is 20.8 Å². The van der Waals surface area contributed by atoms with Crippen molar-refractivity contribution in [2.24, 2.45) is 0 Å². The van der Waals surface area contributed by atoms with E-state index in [9.17, 15) is 16.8 Å². The Morgan fingerprint density at radius 2 is 1.10 bits per heavy atom. The van der Waals surface area contributed by atoms with E-state index in [1.165, 1.54) is 0 Å². The molecule has 10 heavy (non-hydrogen) atoms. The summed E-state index contributed by atoms with van der Waals surface area (Å²) < 4.78 is 55.6. The van der Waals surface area contributed by atoms with Gasteiger partial charge in [0.1, 0.15) is 0 Å². The second-order valence-electron chi connectivity index (χ2n) is 0.924. The van der Waals surface area contributed by atoms with Crippen LogP contribution in [0.1, 0.15) is 0 Å². The Labute approximate surface area is 67.2 Å². The van der Waals surface area contributed by atoms with Crippen LogP contribution in [0.25, 0.3) is 0 Å². The maximum atomic E-state index is 9.44. The van der Waals surface area contributed by atoms with Gasteiger partial charge in [0.05, 0.1) is 0 Å². The van der Waals surface area contributed by atoms with E-state index in [1.54, 1.807) is 0 Å². The minimum Gasteiger partial charge on any atom is -0.263 e. The summed E-state index contributed by atoms with van der Waals surface area (Å²) in [7, 11) is -10.2. The van der Waals surface area contributed by atoms with Crippen LogP contribution in [-0.4, -0.2) is 25.9 Å². The average molecular weight is 237 g/mol. The molecular formula is H2NiO7S2. The van der Waals surface area contributed by atoms with Gasteiger partial charge in [0, 0.05) is 16.5 Å². The maximum absolute atomic E-state index is 9.44. The monoisotopic (exact) mass is 236 g/mol. The van der Waals surface area contributed by atoms with Crippen LogP contribution in [0.3, 0.4) is 0 Å². The molecule has 0 rings (SSSR count). The minimum atomic E-state index is -5.12. The van der Waals surface area contributed by atoms with E-state index in [2.05, 4.69) is 3.63 Å². The molecule has 0 heterocycles. The fraction of sp³-hybridized carbons (Fsp3) is 0. The Hall–Kier alpha value is 0.274. The van der Waals surface area contributed by atoms with E-state index in [1.807, 2.05) is 0 Å². The fourth-order valence-corrected chi connectivity index (χ4v) is 0.978. The third-order valence-electron chi connectivity index (χ3n) is 0.172. The minimum absolute atomic E-state index is 0. The fourth-order valence-electron chi connectivity index (χ4n) is 0.109. The molecule has 2 N–H and O–H groups in total. The van der Waals surface area contributed by atoms with E-state index in [0.29, 0.717) is 0 Å². The molecule has 0 saturated heterocycles. The first-order valence-corrected chi connectivity index (χ1v) is 4.10. The van der Waals surface area contributed by atoms with E-state index < -0.39 is 20.8 Å². The molecule has 0 radical (unpaired) electrons. The molecule has 0 fully saturated rings. The molecule has 0 atom stereocenters. The molecule has 7 nitrogen and oxygen atoms in total. The molecule has 0 bridgehead atoms. The van der Waals surface area contributed by atoms with Crippen molar-refractivity contribution in [3.05, 3.63) is 0 Å². The average Bonchev–Trinajstić information content (AvgIpc) is 1.14. The van der Waals surface area contributed by atoms with Gasteiger partial charge in [-0.1, -0.05) is 0 Å². The summed E-state index contributed by atoms with van der Waals surface area (Å²) in [6.45, 7) is 0. The Balaban J connectivity index is 0. The number of rotatable bonds is 2. The molecule has 0 saturated carbocycles. The predicted octanol–water partition coefficient (Wildman–Crippen LogP) is -1.39. The quantitative estimate of drug-likeness (QED) is 0.448. The van der Waals surface area contributed by atoms with Crippen LogP contribution in [0.2, 0.25) is 0 Å². The van der Waals surface area contributed by atoms with E-state index in [-0.39, 0.29) is 16.5 Å². The Kier molecular flexibility index (Phi) is 4.65. The summed E-state index contributed by atoms with van der Waals surface area (Å²) >= 11 is 0. The van der Waals surface area contributed by atoms with Crippen LogP contribution in [0.5, 0.6) is 0 Å². The van der Waals surface area contributed by atoms with E-state index >= 15 is 0 Å². The third kappa shape index (κ3) is 11.1. The van der Waals surface area contributed by atoms with Crippen molar-refractivity contribution in [2.75, 3.05) is 0 Å². The van der Waals surface area contributed by atoms with Gasteiger partial charge in [-0.25, -0.2) is 0 Å². The summed E-state index contributed by atoms with van der Waals surface area (Å²) in [5, 5.41) is 0. The molecule has 10 heteroatoms. The van der Waals surface area contributed by atoms with Gasteiger partial charge in [-0.15, -0.1) is 3.63 Å². The SMILES string of the molecule is O=S(=O)(O)OS(=O)(=O)O.[Ni]. The Bertz CT molecular complexity index is 237. The van der Waals surface area contributed by atoms with Gasteiger partial charge < -0.3 is 0 Å². The summed E-state index contributed by atoms with van der Waals surface area (Å²) in [5.41, 5.74) is 0. The molecule has 66 valence electrons. The largest absolute Gasteiger partial charge is 0.413 e. The molecule has 0 aromatic rings. The second kappa shape index (κ2) is 3.60. The predicted molar refractivity (Wildman–Crippen MR) is 24.2 cm³/mol. The molecule has 0 aliphatic carbocycles. The van der Waals surface area contributed by atoms with Crippen LogP contribution >= 0.6 is 0 Å². The summed E-state index contributed by atoms with van der Waals surface area (Å²) in [4.78, 5) is 0. The van der Waals surface area contributed by atoms with Gasteiger partial charge in [-0.2, -0.15) is 16.8 Å². The van der Waals surface area contributed by atoms with Crippen LogP contribution in [0, 0.1) is 0 Å². The smallest absolute Gasteiger partial charge is 0.263 e. The maximum Gasteiger partial charge on any atom is 0.413 e. The van der Waals surface area contributed by atoms with Gasteiger partial charge >= 0.3 is 20.8 Å².